The largest absolute Gasteiger partial charge is 0.356 e. The second kappa shape index (κ2) is 11.0. The van der Waals surface area contributed by atoms with E-state index in [1.807, 2.05) is 37.4 Å². The SMILES string of the molecule is CN(CCCc1ccccc1)C(=O)c1cccc(-c2ccc(CC3CCCNC3=O)cc2)c1. The van der Waals surface area contributed by atoms with Gasteiger partial charge in [0.1, 0.15) is 0 Å². The van der Waals surface area contributed by atoms with E-state index in [0.29, 0.717) is 5.56 Å². The van der Waals surface area contributed by atoms with Crippen LogP contribution in [0.4, 0.5) is 0 Å². The lowest BCUT2D eigenvalue weighted by atomic mass is 9.91. The topological polar surface area (TPSA) is 49.4 Å². The molecule has 0 saturated carbocycles. The minimum atomic E-state index is 0.0462. The highest BCUT2D eigenvalue weighted by molar-refractivity contribution is 5.95. The normalized spacial score (nSPS) is 15.7. The Morgan fingerprint density at radius 3 is 2.48 bits per heavy atom. The lowest BCUT2D eigenvalue weighted by molar-refractivity contribution is -0.126. The summed E-state index contributed by atoms with van der Waals surface area (Å²) in [5.41, 5.74) is 5.28. The highest BCUT2D eigenvalue weighted by atomic mass is 16.2. The summed E-state index contributed by atoms with van der Waals surface area (Å²) in [5, 5.41) is 2.96. The lowest BCUT2D eigenvalue weighted by Gasteiger charge is -2.21. The first kappa shape index (κ1) is 22.8. The Morgan fingerprint density at radius 1 is 0.939 bits per heavy atom. The molecule has 1 atom stereocenters. The molecule has 0 aromatic heterocycles. The molecule has 2 amide bonds. The highest BCUT2D eigenvalue weighted by Crippen LogP contribution is 2.24. The number of aryl methyl sites for hydroxylation is 1. The predicted octanol–water partition coefficient (Wildman–Crippen LogP) is 5.13. The minimum absolute atomic E-state index is 0.0462. The van der Waals surface area contributed by atoms with Crippen LogP contribution < -0.4 is 5.32 Å². The summed E-state index contributed by atoms with van der Waals surface area (Å²) in [5.74, 6) is 0.289. The summed E-state index contributed by atoms with van der Waals surface area (Å²) >= 11 is 0. The summed E-state index contributed by atoms with van der Waals surface area (Å²) in [4.78, 5) is 26.8. The summed E-state index contributed by atoms with van der Waals surface area (Å²) in [7, 11) is 1.87. The Morgan fingerprint density at radius 2 is 1.73 bits per heavy atom. The number of hydrogen-bond donors (Lipinski definition) is 1. The van der Waals surface area contributed by atoms with Crippen LogP contribution in [-0.2, 0) is 17.6 Å². The van der Waals surface area contributed by atoms with Crippen molar-refractivity contribution >= 4 is 11.8 Å². The maximum Gasteiger partial charge on any atom is 0.253 e. The molecule has 1 unspecified atom stereocenters. The molecule has 3 aromatic rings. The minimum Gasteiger partial charge on any atom is -0.356 e. The van der Waals surface area contributed by atoms with Gasteiger partial charge in [0, 0.05) is 31.6 Å². The molecule has 4 heteroatoms. The van der Waals surface area contributed by atoms with Crippen LogP contribution in [0.5, 0.6) is 0 Å². The second-order valence-corrected chi connectivity index (χ2v) is 8.93. The van der Waals surface area contributed by atoms with E-state index >= 15 is 0 Å². The quantitative estimate of drug-likeness (QED) is 0.528. The summed E-state index contributed by atoms with van der Waals surface area (Å²) < 4.78 is 0. The molecular formula is C29H32N2O2. The number of hydrogen-bond acceptors (Lipinski definition) is 2. The zero-order valence-electron chi connectivity index (χ0n) is 19.3. The number of rotatable bonds is 8. The van der Waals surface area contributed by atoms with Crippen molar-refractivity contribution in [2.75, 3.05) is 20.1 Å². The van der Waals surface area contributed by atoms with Crippen molar-refractivity contribution in [3.05, 3.63) is 95.6 Å². The summed E-state index contributed by atoms with van der Waals surface area (Å²) in [6.07, 6.45) is 4.69. The van der Waals surface area contributed by atoms with E-state index in [0.717, 1.165) is 56.3 Å². The number of nitrogens with one attached hydrogen (secondary N) is 1. The van der Waals surface area contributed by atoms with Gasteiger partial charge in [0.05, 0.1) is 0 Å². The van der Waals surface area contributed by atoms with Gasteiger partial charge in [-0.1, -0.05) is 66.7 Å². The zero-order valence-corrected chi connectivity index (χ0v) is 19.3. The van der Waals surface area contributed by atoms with Crippen LogP contribution in [0, 0.1) is 5.92 Å². The molecule has 4 rings (SSSR count). The third-order valence-corrected chi connectivity index (χ3v) is 6.43. The number of benzene rings is 3. The van der Waals surface area contributed by atoms with Gasteiger partial charge in [-0.05, 0) is 66.5 Å². The van der Waals surface area contributed by atoms with Crippen molar-refractivity contribution in [1.82, 2.24) is 10.2 Å². The fraction of sp³-hybridized carbons (Fsp3) is 0.310. The van der Waals surface area contributed by atoms with Gasteiger partial charge in [0.15, 0.2) is 0 Å². The Labute approximate surface area is 196 Å². The van der Waals surface area contributed by atoms with E-state index in [-0.39, 0.29) is 17.7 Å². The summed E-state index contributed by atoms with van der Waals surface area (Å²) in [6, 6.07) is 26.6. The van der Waals surface area contributed by atoms with Crippen molar-refractivity contribution in [2.45, 2.75) is 32.1 Å². The van der Waals surface area contributed by atoms with Gasteiger partial charge >= 0.3 is 0 Å². The van der Waals surface area contributed by atoms with Crippen LogP contribution in [0.25, 0.3) is 11.1 Å². The van der Waals surface area contributed by atoms with E-state index in [2.05, 4.69) is 53.8 Å². The van der Waals surface area contributed by atoms with E-state index in [1.165, 1.54) is 11.1 Å². The van der Waals surface area contributed by atoms with Crippen LogP contribution >= 0.6 is 0 Å². The molecule has 170 valence electrons. The molecule has 1 saturated heterocycles. The second-order valence-electron chi connectivity index (χ2n) is 8.93. The molecule has 0 aliphatic carbocycles. The number of amides is 2. The van der Waals surface area contributed by atoms with Crippen LogP contribution in [0.2, 0.25) is 0 Å². The van der Waals surface area contributed by atoms with Gasteiger partial charge in [-0.15, -0.1) is 0 Å². The van der Waals surface area contributed by atoms with Gasteiger partial charge < -0.3 is 10.2 Å². The Balaban J connectivity index is 1.36. The zero-order chi connectivity index (χ0) is 23.0. The van der Waals surface area contributed by atoms with Gasteiger partial charge in [0.2, 0.25) is 5.91 Å². The first-order valence-corrected chi connectivity index (χ1v) is 11.9. The molecule has 33 heavy (non-hydrogen) atoms. The van der Waals surface area contributed by atoms with Crippen molar-refractivity contribution in [3.63, 3.8) is 0 Å². The fourth-order valence-corrected chi connectivity index (χ4v) is 4.47. The van der Waals surface area contributed by atoms with E-state index in [4.69, 9.17) is 0 Å². The number of carbonyl (C=O) groups is 2. The average Bonchev–Trinajstić information content (AvgIpc) is 2.86. The fourth-order valence-electron chi connectivity index (χ4n) is 4.47. The maximum absolute atomic E-state index is 13.0. The third kappa shape index (κ3) is 6.10. The number of piperidine rings is 1. The molecule has 4 nitrogen and oxygen atoms in total. The monoisotopic (exact) mass is 440 g/mol. The van der Waals surface area contributed by atoms with Crippen LogP contribution in [-0.4, -0.2) is 36.9 Å². The predicted molar refractivity (Wildman–Crippen MR) is 133 cm³/mol. The standard InChI is InChI=1S/C29H32N2O2/c1-31(19-7-10-22-8-3-2-4-9-22)29(33)27-12-5-11-25(21-27)24-16-14-23(15-17-24)20-26-13-6-18-30-28(26)32/h2-5,8-9,11-12,14-17,21,26H,6-7,10,13,18-20H2,1H3,(H,30,32). The molecule has 1 aliphatic heterocycles. The van der Waals surface area contributed by atoms with Crippen LogP contribution in [0.15, 0.2) is 78.9 Å². The number of nitrogens with zero attached hydrogens (tertiary/aromatic N) is 1. The Kier molecular flexibility index (Phi) is 7.56. The molecule has 1 N–H and O–H groups in total. The van der Waals surface area contributed by atoms with Crippen LogP contribution in [0.1, 0.15) is 40.7 Å². The van der Waals surface area contributed by atoms with Gasteiger partial charge in [-0.2, -0.15) is 0 Å². The first-order valence-electron chi connectivity index (χ1n) is 11.9. The Hall–Kier alpha value is -3.40. The highest BCUT2D eigenvalue weighted by Gasteiger charge is 2.22. The van der Waals surface area contributed by atoms with Crippen LogP contribution in [0.3, 0.4) is 0 Å². The van der Waals surface area contributed by atoms with E-state index < -0.39 is 0 Å². The van der Waals surface area contributed by atoms with Gasteiger partial charge in [-0.3, -0.25) is 9.59 Å². The number of carbonyl (C=O) groups excluding carboxylic acids is 2. The average molecular weight is 441 g/mol. The first-order chi connectivity index (χ1) is 16.1. The molecule has 1 heterocycles. The lowest BCUT2D eigenvalue weighted by Crippen LogP contribution is -2.37. The summed E-state index contributed by atoms with van der Waals surface area (Å²) in [6.45, 7) is 1.52. The van der Waals surface area contributed by atoms with E-state index in [9.17, 15) is 9.59 Å². The molecule has 3 aromatic carbocycles. The van der Waals surface area contributed by atoms with E-state index in [1.54, 1.807) is 4.90 Å². The Bertz CT molecular complexity index is 1080. The molecule has 1 aliphatic rings. The van der Waals surface area contributed by atoms with Gasteiger partial charge in [0.25, 0.3) is 5.91 Å². The van der Waals surface area contributed by atoms with Crippen molar-refractivity contribution < 1.29 is 9.59 Å². The van der Waals surface area contributed by atoms with Crippen molar-refractivity contribution in [2.24, 2.45) is 5.92 Å². The molecular weight excluding hydrogens is 408 g/mol. The molecule has 0 radical (unpaired) electrons. The smallest absolute Gasteiger partial charge is 0.253 e. The van der Waals surface area contributed by atoms with Gasteiger partial charge in [-0.25, -0.2) is 0 Å². The van der Waals surface area contributed by atoms with Crippen molar-refractivity contribution in [1.29, 1.82) is 0 Å². The molecule has 0 spiro atoms. The molecule has 0 bridgehead atoms. The maximum atomic E-state index is 13.0. The third-order valence-electron chi connectivity index (χ3n) is 6.43. The van der Waals surface area contributed by atoms with Crippen molar-refractivity contribution in [3.8, 4) is 11.1 Å². The molecule has 1 fully saturated rings.